The van der Waals surface area contributed by atoms with E-state index in [4.69, 9.17) is 4.74 Å². The number of thioether (sulfide) groups is 1. The molecule has 1 aliphatic carbocycles. The SMILES string of the molecule is COc1ccccc1NC(=O)CSc1nnc(-c2ccccc2F)n1C1CCCC1. The van der Waals surface area contributed by atoms with Crippen LogP contribution in [-0.4, -0.2) is 33.5 Å². The van der Waals surface area contributed by atoms with Gasteiger partial charge in [-0.15, -0.1) is 10.2 Å². The number of carbonyl (C=O) groups is 1. The molecule has 0 bridgehead atoms. The van der Waals surface area contributed by atoms with Gasteiger partial charge in [0.15, 0.2) is 11.0 Å². The number of benzene rings is 2. The highest BCUT2D eigenvalue weighted by Crippen LogP contribution is 2.37. The monoisotopic (exact) mass is 426 g/mol. The third kappa shape index (κ3) is 4.33. The van der Waals surface area contributed by atoms with Crippen LogP contribution in [0, 0.1) is 5.82 Å². The molecular formula is C22H23FN4O2S. The summed E-state index contributed by atoms with van der Waals surface area (Å²) in [5, 5.41) is 12.1. The lowest BCUT2D eigenvalue weighted by Crippen LogP contribution is -2.16. The minimum atomic E-state index is -0.324. The second kappa shape index (κ2) is 9.30. The van der Waals surface area contributed by atoms with Crippen LogP contribution in [0.5, 0.6) is 5.75 Å². The summed E-state index contributed by atoms with van der Waals surface area (Å²) in [6.45, 7) is 0. The Morgan fingerprint density at radius 2 is 1.90 bits per heavy atom. The van der Waals surface area contributed by atoms with Crippen molar-refractivity contribution in [3.63, 3.8) is 0 Å². The van der Waals surface area contributed by atoms with Gasteiger partial charge in [0.2, 0.25) is 5.91 Å². The fourth-order valence-electron chi connectivity index (χ4n) is 3.76. The Labute approximate surface area is 178 Å². The number of nitrogens with one attached hydrogen (secondary N) is 1. The molecule has 0 radical (unpaired) electrons. The maximum Gasteiger partial charge on any atom is 0.234 e. The van der Waals surface area contributed by atoms with Crippen molar-refractivity contribution in [3.8, 4) is 17.1 Å². The standard InChI is InChI=1S/C22H23FN4O2S/c1-29-19-13-7-6-12-18(19)24-20(28)14-30-22-26-25-21(16-10-4-5-11-17(16)23)27(22)15-8-2-3-9-15/h4-7,10-13,15H,2-3,8-9,14H2,1H3,(H,24,28). The Balaban J connectivity index is 1.54. The predicted octanol–water partition coefficient (Wildman–Crippen LogP) is 4.94. The van der Waals surface area contributed by atoms with Gasteiger partial charge in [-0.3, -0.25) is 9.36 Å². The van der Waals surface area contributed by atoms with E-state index in [1.165, 1.54) is 17.8 Å². The fourth-order valence-corrected chi connectivity index (χ4v) is 4.56. The molecule has 0 aliphatic heterocycles. The van der Waals surface area contributed by atoms with E-state index in [1.54, 1.807) is 37.4 Å². The highest BCUT2D eigenvalue weighted by Gasteiger charge is 2.26. The van der Waals surface area contributed by atoms with E-state index in [0.717, 1.165) is 25.7 Å². The van der Waals surface area contributed by atoms with Gasteiger partial charge in [-0.2, -0.15) is 0 Å². The van der Waals surface area contributed by atoms with E-state index < -0.39 is 0 Å². The second-order valence-electron chi connectivity index (χ2n) is 7.13. The molecule has 1 heterocycles. The average molecular weight is 427 g/mol. The summed E-state index contributed by atoms with van der Waals surface area (Å²) in [7, 11) is 1.56. The van der Waals surface area contributed by atoms with Gasteiger partial charge in [0, 0.05) is 6.04 Å². The highest BCUT2D eigenvalue weighted by atomic mass is 32.2. The molecule has 4 rings (SSSR count). The molecule has 1 saturated carbocycles. The number of para-hydroxylation sites is 2. The van der Waals surface area contributed by atoms with E-state index >= 15 is 0 Å². The summed E-state index contributed by atoms with van der Waals surface area (Å²) in [5.41, 5.74) is 1.05. The van der Waals surface area contributed by atoms with E-state index in [0.29, 0.717) is 28.0 Å². The van der Waals surface area contributed by atoms with Gasteiger partial charge in [0.25, 0.3) is 0 Å². The summed E-state index contributed by atoms with van der Waals surface area (Å²) >= 11 is 1.31. The molecule has 1 fully saturated rings. The van der Waals surface area contributed by atoms with Crippen molar-refractivity contribution in [1.29, 1.82) is 0 Å². The van der Waals surface area contributed by atoms with Gasteiger partial charge in [0.1, 0.15) is 11.6 Å². The van der Waals surface area contributed by atoms with Gasteiger partial charge in [-0.25, -0.2) is 4.39 Å². The van der Waals surface area contributed by atoms with Crippen molar-refractivity contribution in [3.05, 3.63) is 54.3 Å². The van der Waals surface area contributed by atoms with Crippen LogP contribution in [-0.2, 0) is 4.79 Å². The lowest BCUT2D eigenvalue weighted by molar-refractivity contribution is -0.113. The van der Waals surface area contributed by atoms with Crippen molar-refractivity contribution in [1.82, 2.24) is 14.8 Å². The van der Waals surface area contributed by atoms with Crippen molar-refractivity contribution in [2.24, 2.45) is 0 Å². The van der Waals surface area contributed by atoms with Crippen LogP contribution < -0.4 is 10.1 Å². The summed E-state index contributed by atoms with van der Waals surface area (Å²) in [4.78, 5) is 12.5. The quantitative estimate of drug-likeness (QED) is 0.542. The number of nitrogens with zero attached hydrogens (tertiary/aromatic N) is 3. The molecule has 6 nitrogen and oxygen atoms in total. The zero-order chi connectivity index (χ0) is 20.9. The molecule has 1 aromatic heterocycles. The van der Waals surface area contributed by atoms with Crippen molar-refractivity contribution in [2.75, 3.05) is 18.2 Å². The van der Waals surface area contributed by atoms with Crippen LogP contribution in [0.25, 0.3) is 11.4 Å². The highest BCUT2D eigenvalue weighted by molar-refractivity contribution is 7.99. The van der Waals surface area contributed by atoms with Crippen LogP contribution in [0.3, 0.4) is 0 Å². The number of aromatic nitrogens is 3. The number of hydrogen-bond donors (Lipinski definition) is 1. The van der Waals surface area contributed by atoms with Gasteiger partial charge >= 0.3 is 0 Å². The first-order valence-electron chi connectivity index (χ1n) is 9.93. The smallest absolute Gasteiger partial charge is 0.234 e. The molecule has 156 valence electrons. The van der Waals surface area contributed by atoms with E-state index in [1.807, 2.05) is 16.7 Å². The maximum absolute atomic E-state index is 14.4. The molecule has 0 unspecified atom stereocenters. The Kier molecular flexibility index (Phi) is 6.32. The Morgan fingerprint density at radius 3 is 2.67 bits per heavy atom. The summed E-state index contributed by atoms with van der Waals surface area (Å²) < 4.78 is 21.7. The first kappa shape index (κ1) is 20.4. The molecule has 8 heteroatoms. The number of ether oxygens (including phenoxy) is 1. The van der Waals surface area contributed by atoms with Crippen LogP contribution in [0.1, 0.15) is 31.7 Å². The number of carbonyl (C=O) groups excluding carboxylic acids is 1. The molecule has 30 heavy (non-hydrogen) atoms. The molecule has 0 atom stereocenters. The normalized spacial score (nSPS) is 14.1. The lowest BCUT2D eigenvalue weighted by Gasteiger charge is -2.17. The van der Waals surface area contributed by atoms with Gasteiger partial charge in [0.05, 0.1) is 24.1 Å². The number of rotatable bonds is 7. The predicted molar refractivity (Wildman–Crippen MR) is 115 cm³/mol. The molecular weight excluding hydrogens is 403 g/mol. The van der Waals surface area contributed by atoms with Gasteiger partial charge in [-0.1, -0.05) is 48.9 Å². The number of anilines is 1. The van der Waals surface area contributed by atoms with Crippen molar-refractivity contribution >= 4 is 23.4 Å². The first-order valence-corrected chi connectivity index (χ1v) is 10.9. The number of amides is 1. The minimum absolute atomic E-state index is 0.167. The van der Waals surface area contributed by atoms with E-state index in [-0.39, 0.29) is 23.5 Å². The molecule has 1 aliphatic rings. The second-order valence-corrected chi connectivity index (χ2v) is 8.07. The number of hydrogen-bond acceptors (Lipinski definition) is 5. The first-order chi connectivity index (χ1) is 14.7. The summed E-state index contributed by atoms with van der Waals surface area (Å²) in [5.74, 6) is 0.798. The average Bonchev–Trinajstić information content (AvgIpc) is 3.42. The van der Waals surface area contributed by atoms with Gasteiger partial charge in [-0.05, 0) is 37.1 Å². The Bertz CT molecular complexity index is 1030. The number of methoxy groups -OCH3 is 1. The number of halogens is 1. The van der Waals surface area contributed by atoms with Crippen LogP contribution in [0.4, 0.5) is 10.1 Å². The van der Waals surface area contributed by atoms with E-state index in [2.05, 4.69) is 15.5 Å². The topological polar surface area (TPSA) is 69.0 Å². The van der Waals surface area contributed by atoms with Crippen LogP contribution >= 0.6 is 11.8 Å². The maximum atomic E-state index is 14.4. The zero-order valence-electron chi connectivity index (χ0n) is 16.7. The molecule has 0 spiro atoms. The molecule has 2 aromatic carbocycles. The lowest BCUT2D eigenvalue weighted by atomic mass is 10.1. The van der Waals surface area contributed by atoms with Crippen LogP contribution in [0.15, 0.2) is 53.7 Å². The van der Waals surface area contributed by atoms with Gasteiger partial charge < -0.3 is 10.1 Å². The molecule has 3 aromatic rings. The third-order valence-electron chi connectivity index (χ3n) is 5.18. The summed E-state index contributed by atoms with van der Waals surface area (Å²) in [6.07, 6.45) is 4.25. The molecule has 1 amide bonds. The Morgan fingerprint density at radius 1 is 1.17 bits per heavy atom. The Hall–Kier alpha value is -2.87. The van der Waals surface area contributed by atoms with E-state index in [9.17, 15) is 9.18 Å². The largest absolute Gasteiger partial charge is 0.495 e. The molecule has 1 N–H and O–H groups in total. The fraction of sp³-hybridized carbons (Fsp3) is 0.318. The van der Waals surface area contributed by atoms with Crippen LogP contribution in [0.2, 0.25) is 0 Å². The minimum Gasteiger partial charge on any atom is -0.495 e. The summed E-state index contributed by atoms with van der Waals surface area (Å²) in [6, 6.07) is 14.1. The molecule has 0 saturated heterocycles. The van der Waals surface area contributed by atoms with Crippen molar-refractivity contribution in [2.45, 2.75) is 36.9 Å². The zero-order valence-corrected chi connectivity index (χ0v) is 17.5. The third-order valence-corrected chi connectivity index (χ3v) is 6.13. The van der Waals surface area contributed by atoms with Crippen molar-refractivity contribution < 1.29 is 13.9 Å².